The van der Waals surface area contributed by atoms with Crippen LogP contribution in [-0.4, -0.2) is 35.0 Å². The van der Waals surface area contributed by atoms with Crippen LogP contribution < -0.4 is 5.32 Å². The number of hydrogen-bond donors (Lipinski definition) is 2. The second kappa shape index (κ2) is 7.67. The highest BCUT2D eigenvalue weighted by Crippen LogP contribution is 2.01. The minimum Gasteiger partial charge on any atom is -0.480 e. The van der Waals surface area contributed by atoms with Gasteiger partial charge in [0.15, 0.2) is 0 Å². The van der Waals surface area contributed by atoms with E-state index in [0.29, 0.717) is 12.2 Å². The Morgan fingerprint density at radius 3 is 2.57 bits per heavy atom. The molecule has 0 aliphatic carbocycles. The summed E-state index contributed by atoms with van der Waals surface area (Å²) < 4.78 is 0. The van der Waals surface area contributed by atoms with Crippen molar-refractivity contribution in [2.45, 2.75) is 32.2 Å². The molecule has 82 valence electrons. The number of carboxylic acid groups (broad SMARTS) is 1. The van der Waals surface area contributed by atoms with Crippen LogP contribution in [0.4, 0.5) is 0 Å². The zero-order valence-corrected chi connectivity index (χ0v) is 9.39. The fraction of sp³-hybridized carbons (Fsp3) is 0.778. The Morgan fingerprint density at radius 2 is 2.14 bits per heavy atom. The third-order valence-corrected chi connectivity index (χ3v) is 2.31. The van der Waals surface area contributed by atoms with Crippen molar-refractivity contribution >= 4 is 23.6 Å². The first kappa shape index (κ1) is 13.3. The first-order chi connectivity index (χ1) is 6.61. The Morgan fingerprint density at radius 1 is 1.50 bits per heavy atom. The summed E-state index contributed by atoms with van der Waals surface area (Å²) in [6, 6.07) is -0.727. The standard InChI is InChI=1S/C9H17NO3S/c1-3-4-5-7(9(12)13)10-8(11)6-14-2/h7H,3-6H2,1-2H3,(H,10,11)(H,12,13). The van der Waals surface area contributed by atoms with Gasteiger partial charge in [-0.1, -0.05) is 19.8 Å². The molecule has 0 radical (unpaired) electrons. The Balaban J connectivity index is 3.95. The second-order valence-electron chi connectivity index (χ2n) is 3.03. The number of nitrogens with one attached hydrogen (secondary N) is 1. The Labute approximate surface area is 88.4 Å². The summed E-state index contributed by atoms with van der Waals surface area (Å²) in [7, 11) is 0. The third kappa shape index (κ3) is 5.85. The van der Waals surface area contributed by atoms with E-state index in [1.807, 2.05) is 6.92 Å². The number of carboxylic acids is 1. The van der Waals surface area contributed by atoms with E-state index in [9.17, 15) is 9.59 Å². The van der Waals surface area contributed by atoms with Gasteiger partial charge in [0.05, 0.1) is 5.75 Å². The van der Waals surface area contributed by atoms with E-state index >= 15 is 0 Å². The van der Waals surface area contributed by atoms with Crippen molar-refractivity contribution in [1.29, 1.82) is 0 Å². The van der Waals surface area contributed by atoms with Crippen molar-refractivity contribution in [3.05, 3.63) is 0 Å². The molecule has 0 fully saturated rings. The molecule has 0 saturated carbocycles. The lowest BCUT2D eigenvalue weighted by molar-refractivity contribution is -0.141. The molecule has 1 amide bonds. The maximum absolute atomic E-state index is 11.1. The van der Waals surface area contributed by atoms with Gasteiger partial charge >= 0.3 is 5.97 Å². The normalized spacial score (nSPS) is 12.1. The Kier molecular flexibility index (Phi) is 7.28. The molecule has 0 aromatic carbocycles. The van der Waals surface area contributed by atoms with Gasteiger partial charge in [-0.15, -0.1) is 0 Å². The fourth-order valence-electron chi connectivity index (χ4n) is 1.03. The number of rotatable bonds is 7. The first-order valence-corrected chi connectivity index (χ1v) is 6.02. The lowest BCUT2D eigenvalue weighted by Gasteiger charge is -2.13. The number of carbonyl (C=O) groups excluding carboxylic acids is 1. The van der Waals surface area contributed by atoms with Crippen LogP contribution in [0.15, 0.2) is 0 Å². The molecule has 2 N–H and O–H groups in total. The minimum absolute atomic E-state index is 0.207. The maximum atomic E-state index is 11.1. The van der Waals surface area contributed by atoms with Gasteiger partial charge in [0.25, 0.3) is 0 Å². The predicted molar refractivity (Wildman–Crippen MR) is 57.5 cm³/mol. The van der Waals surface area contributed by atoms with Crippen LogP contribution in [0, 0.1) is 0 Å². The number of unbranched alkanes of at least 4 members (excludes halogenated alkanes) is 1. The summed E-state index contributed by atoms with van der Waals surface area (Å²) in [4.78, 5) is 21.8. The van der Waals surface area contributed by atoms with Gasteiger partial charge in [-0.3, -0.25) is 4.79 Å². The topological polar surface area (TPSA) is 66.4 Å². The van der Waals surface area contributed by atoms with Crippen LogP contribution in [0.2, 0.25) is 0 Å². The Hall–Kier alpha value is -0.710. The van der Waals surface area contributed by atoms with Crippen molar-refractivity contribution in [1.82, 2.24) is 5.32 Å². The van der Waals surface area contributed by atoms with Crippen LogP contribution in [0.25, 0.3) is 0 Å². The van der Waals surface area contributed by atoms with Crippen molar-refractivity contribution in [3.8, 4) is 0 Å². The highest BCUT2D eigenvalue weighted by atomic mass is 32.2. The third-order valence-electron chi connectivity index (χ3n) is 1.76. The van der Waals surface area contributed by atoms with Gasteiger partial charge in [0.2, 0.25) is 5.91 Å². The van der Waals surface area contributed by atoms with Crippen molar-refractivity contribution < 1.29 is 14.7 Å². The fourth-order valence-corrected chi connectivity index (χ4v) is 1.38. The van der Waals surface area contributed by atoms with E-state index in [2.05, 4.69) is 5.32 Å². The summed E-state index contributed by atoms with van der Waals surface area (Å²) in [5.41, 5.74) is 0. The van der Waals surface area contributed by atoms with E-state index < -0.39 is 12.0 Å². The summed E-state index contributed by atoms with van der Waals surface area (Å²) in [5.74, 6) is -0.843. The highest BCUT2D eigenvalue weighted by Gasteiger charge is 2.18. The van der Waals surface area contributed by atoms with Crippen molar-refractivity contribution in [3.63, 3.8) is 0 Å². The number of thioether (sulfide) groups is 1. The smallest absolute Gasteiger partial charge is 0.326 e. The molecule has 0 aliphatic heterocycles. The number of hydrogen-bond acceptors (Lipinski definition) is 3. The zero-order valence-electron chi connectivity index (χ0n) is 8.58. The van der Waals surface area contributed by atoms with Crippen LogP contribution in [0.5, 0.6) is 0 Å². The minimum atomic E-state index is -0.951. The molecule has 1 unspecified atom stereocenters. The molecule has 0 aliphatic rings. The summed E-state index contributed by atoms with van der Waals surface area (Å²) in [5, 5.41) is 11.3. The van der Waals surface area contributed by atoms with Crippen LogP contribution >= 0.6 is 11.8 Å². The summed E-state index contributed by atoms with van der Waals surface area (Å²) >= 11 is 1.38. The molecule has 4 nitrogen and oxygen atoms in total. The van der Waals surface area contributed by atoms with Crippen molar-refractivity contribution in [2.24, 2.45) is 0 Å². The molecule has 0 aromatic rings. The first-order valence-electron chi connectivity index (χ1n) is 4.63. The van der Waals surface area contributed by atoms with Gasteiger partial charge in [0, 0.05) is 0 Å². The lowest BCUT2D eigenvalue weighted by Crippen LogP contribution is -2.41. The molecule has 0 aromatic heterocycles. The monoisotopic (exact) mass is 219 g/mol. The van der Waals surface area contributed by atoms with Gasteiger partial charge in [0.1, 0.15) is 6.04 Å². The summed E-state index contributed by atoms with van der Waals surface area (Å²) in [6.45, 7) is 1.99. The molecule has 0 spiro atoms. The molecule has 0 saturated heterocycles. The van der Waals surface area contributed by atoms with Crippen molar-refractivity contribution in [2.75, 3.05) is 12.0 Å². The van der Waals surface area contributed by atoms with E-state index in [1.165, 1.54) is 11.8 Å². The zero-order chi connectivity index (χ0) is 11.0. The molecule has 5 heteroatoms. The number of amides is 1. The SMILES string of the molecule is CCCCC(NC(=O)CSC)C(=O)O. The molecule has 0 heterocycles. The van der Waals surface area contributed by atoms with E-state index in [1.54, 1.807) is 6.26 Å². The molecular weight excluding hydrogens is 202 g/mol. The maximum Gasteiger partial charge on any atom is 0.326 e. The summed E-state index contributed by atoms with van der Waals surface area (Å²) in [6.07, 6.45) is 4.06. The average molecular weight is 219 g/mol. The van der Waals surface area contributed by atoms with Crippen LogP contribution in [-0.2, 0) is 9.59 Å². The average Bonchev–Trinajstić information content (AvgIpc) is 2.12. The molecule has 14 heavy (non-hydrogen) atoms. The number of aliphatic carboxylic acids is 1. The largest absolute Gasteiger partial charge is 0.480 e. The van der Waals surface area contributed by atoms with Gasteiger partial charge in [-0.25, -0.2) is 4.79 Å². The number of carbonyl (C=O) groups is 2. The van der Waals surface area contributed by atoms with Gasteiger partial charge in [-0.05, 0) is 12.7 Å². The molecular formula is C9H17NO3S. The molecule has 1 atom stereocenters. The Bertz CT molecular complexity index is 196. The van der Waals surface area contributed by atoms with Gasteiger partial charge < -0.3 is 10.4 Å². The lowest BCUT2D eigenvalue weighted by atomic mass is 10.1. The van der Waals surface area contributed by atoms with E-state index in [0.717, 1.165) is 12.8 Å². The van der Waals surface area contributed by atoms with E-state index in [4.69, 9.17) is 5.11 Å². The quantitative estimate of drug-likeness (QED) is 0.673. The van der Waals surface area contributed by atoms with E-state index in [-0.39, 0.29) is 5.91 Å². The highest BCUT2D eigenvalue weighted by molar-refractivity contribution is 7.99. The molecule has 0 rings (SSSR count). The molecule has 0 bridgehead atoms. The van der Waals surface area contributed by atoms with Crippen LogP contribution in [0.1, 0.15) is 26.2 Å². The second-order valence-corrected chi connectivity index (χ2v) is 3.90. The van der Waals surface area contributed by atoms with Gasteiger partial charge in [-0.2, -0.15) is 11.8 Å². The van der Waals surface area contributed by atoms with Crippen LogP contribution in [0.3, 0.4) is 0 Å². The predicted octanol–water partition coefficient (Wildman–Crippen LogP) is 1.11.